The smallest absolute Gasteiger partial charge is 0.253 e. The van der Waals surface area contributed by atoms with E-state index in [0.717, 1.165) is 48.5 Å². The van der Waals surface area contributed by atoms with Crippen molar-refractivity contribution in [3.05, 3.63) is 59.7 Å². The number of pyridine rings is 1. The van der Waals surface area contributed by atoms with Gasteiger partial charge in [0.15, 0.2) is 0 Å². The van der Waals surface area contributed by atoms with Crippen LogP contribution in [-0.4, -0.2) is 38.4 Å². The fourth-order valence-electron chi connectivity index (χ4n) is 4.32. The molecule has 0 radical (unpaired) electrons. The molecule has 138 valence electrons. The Balaban J connectivity index is 1.32. The van der Waals surface area contributed by atoms with Crippen LogP contribution >= 0.6 is 0 Å². The third kappa shape index (κ3) is 3.01. The van der Waals surface area contributed by atoms with E-state index in [4.69, 9.17) is 4.98 Å². The SMILES string of the molecule is Cc1nc2ccccc2n1C1CCN(C(=O)c2ccnc(C3CC3)c2)CC1. The van der Waals surface area contributed by atoms with Gasteiger partial charge in [-0.1, -0.05) is 12.1 Å². The van der Waals surface area contributed by atoms with Crippen LogP contribution in [0, 0.1) is 6.92 Å². The number of hydrogen-bond acceptors (Lipinski definition) is 3. The Labute approximate surface area is 159 Å². The van der Waals surface area contributed by atoms with E-state index >= 15 is 0 Å². The van der Waals surface area contributed by atoms with E-state index in [-0.39, 0.29) is 5.91 Å². The number of rotatable bonds is 3. The fourth-order valence-corrected chi connectivity index (χ4v) is 4.32. The van der Waals surface area contributed by atoms with Gasteiger partial charge in [-0.25, -0.2) is 4.98 Å². The van der Waals surface area contributed by atoms with Crippen molar-refractivity contribution in [2.45, 2.75) is 44.6 Å². The van der Waals surface area contributed by atoms with Gasteiger partial charge in [0.05, 0.1) is 11.0 Å². The highest BCUT2D eigenvalue weighted by Crippen LogP contribution is 2.39. The highest BCUT2D eigenvalue weighted by molar-refractivity contribution is 5.94. The predicted molar refractivity (Wildman–Crippen MR) is 105 cm³/mol. The summed E-state index contributed by atoms with van der Waals surface area (Å²) in [5.41, 5.74) is 4.12. The maximum absolute atomic E-state index is 12.9. The molecule has 1 amide bonds. The van der Waals surface area contributed by atoms with Gasteiger partial charge in [0.2, 0.25) is 0 Å². The summed E-state index contributed by atoms with van der Waals surface area (Å²) in [5.74, 6) is 1.77. The lowest BCUT2D eigenvalue weighted by atomic mass is 10.0. The van der Waals surface area contributed by atoms with Crippen LogP contribution in [0.1, 0.15) is 59.5 Å². The Morgan fingerprint density at radius 1 is 1.07 bits per heavy atom. The molecule has 0 spiro atoms. The number of aromatic nitrogens is 3. The van der Waals surface area contributed by atoms with Crippen LogP contribution in [0.2, 0.25) is 0 Å². The number of fused-ring (bicyclic) bond motifs is 1. The molecule has 2 aromatic heterocycles. The zero-order valence-electron chi connectivity index (χ0n) is 15.6. The van der Waals surface area contributed by atoms with E-state index in [1.54, 1.807) is 6.20 Å². The Bertz CT molecular complexity index is 996. The van der Waals surface area contributed by atoms with E-state index in [9.17, 15) is 4.79 Å². The van der Waals surface area contributed by atoms with E-state index < -0.39 is 0 Å². The van der Waals surface area contributed by atoms with Crippen molar-refractivity contribution in [3.8, 4) is 0 Å². The fraction of sp³-hybridized carbons (Fsp3) is 0.409. The van der Waals surface area contributed by atoms with Gasteiger partial charge >= 0.3 is 0 Å². The summed E-state index contributed by atoms with van der Waals surface area (Å²) < 4.78 is 2.36. The van der Waals surface area contributed by atoms with Crippen LogP contribution in [-0.2, 0) is 0 Å². The number of para-hydroxylation sites is 2. The molecule has 5 heteroatoms. The number of imidazole rings is 1. The second-order valence-electron chi connectivity index (χ2n) is 7.78. The van der Waals surface area contributed by atoms with Crippen molar-refractivity contribution in [2.24, 2.45) is 0 Å². The maximum Gasteiger partial charge on any atom is 0.253 e. The summed E-state index contributed by atoms with van der Waals surface area (Å²) in [6.45, 7) is 3.65. The predicted octanol–water partition coefficient (Wildman–Crippen LogP) is 4.09. The van der Waals surface area contributed by atoms with Gasteiger partial charge in [0.1, 0.15) is 5.82 Å². The molecule has 1 aliphatic heterocycles. The number of benzene rings is 1. The van der Waals surface area contributed by atoms with E-state index in [1.165, 1.54) is 18.4 Å². The summed E-state index contributed by atoms with van der Waals surface area (Å²) >= 11 is 0. The quantitative estimate of drug-likeness (QED) is 0.707. The molecule has 0 atom stereocenters. The molecule has 3 heterocycles. The molecule has 0 N–H and O–H groups in total. The van der Waals surface area contributed by atoms with Crippen molar-refractivity contribution in [2.75, 3.05) is 13.1 Å². The monoisotopic (exact) mass is 360 g/mol. The number of likely N-dealkylation sites (tertiary alicyclic amines) is 1. The summed E-state index contributed by atoms with van der Waals surface area (Å²) in [6, 6.07) is 12.6. The first-order valence-corrected chi connectivity index (χ1v) is 9.89. The molecule has 27 heavy (non-hydrogen) atoms. The number of amides is 1. The van der Waals surface area contributed by atoms with E-state index in [0.29, 0.717) is 12.0 Å². The Kier molecular flexibility index (Phi) is 3.96. The number of nitrogens with zero attached hydrogens (tertiary/aromatic N) is 4. The molecule has 1 aliphatic carbocycles. The third-order valence-electron chi connectivity index (χ3n) is 5.91. The molecule has 5 rings (SSSR count). The second kappa shape index (κ2) is 6.48. The van der Waals surface area contributed by atoms with Crippen LogP contribution in [0.25, 0.3) is 11.0 Å². The number of hydrogen-bond donors (Lipinski definition) is 0. The van der Waals surface area contributed by atoms with Gasteiger partial charge in [-0.15, -0.1) is 0 Å². The summed E-state index contributed by atoms with van der Waals surface area (Å²) in [7, 11) is 0. The Morgan fingerprint density at radius 3 is 2.63 bits per heavy atom. The summed E-state index contributed by atoms with van der Waals surface area (Å²) in [5, 5.41) is 0. The highest BCUT2D eigenvalue weighted by atomic mass is 16.2. The number of aryl methyl sites for hydroxylation is 1. The molecule has 3 aromatic rings. The Morgan fingerprint density at radius 2 is 1.85 bits per heavy atom. The lowest BCUT2D eigenvalue weighted by molar-refractivity contribution is 0.0695. The van der Waals surface area contributed by atoms with Gasteiger partial charge in [0.25, 0.3) is 5.91 Å². The zero-order valence-corrected chi connectivity index (χ0v) is 15.6. The average molecular weight is 360 g/mol. The van der Waals surface area contributed by atoms with Crippen LogP contribution < -0.4 is 0 Å². The van der Waals surface area contributed by atoms with Crippen LogP contribution in [0.3, 0.4) is 0 Å². The second-order valence-corrected chi connectivity index (χ2v) is 7.78. The standard InChI is InChI=1S/C22H24N4O/c1-15-24-19-4-2-3-5-21(19)26(15)18-9-12-25(13-10-18)22(27)17-8-11-23-20(14-17)16-6-7-16/h2-5,8,11,14,16,18H,6-7,9-10,12-13H2,1H3. The van der Waals surface area contributed by atoms with Gasteiger partial charge in [-0.2, -0.15) is 0 Å². The molecule has 2 fully saturated rings. The molecule has 1 aromatic carbocycles. The average Bonchev–Trinajstić information content (AvgIpc) is 3.50. The molecular formula is C22H24N4O. The van der Waals surface area contributed by atoms with Crippen LogP contribution in [0.15, 0.2) is 42.6 Å². The lowest BCUT2D eigenvalue weighted by Gasteiger charge is -2.33. The van der Waals surface area contributed by atoms with Crippen molar-refractivity contribution in [1.29, 1.82) is 0 Å². The normalized spacial score (nSPS) is 18.2. The van der Waals surface area contributed by atoms with Gasteiger partial charge in [-0.3, -0.25) is 9.78 Å². The van der Waals surface area contributed by atoms with Crippen molar-refractivity contribution >= 4 is 16.9 Å². The largest absolute Gasteiger partial charge is 0.338 e. The van der Waals surface area contributed by atoms with Crippen LogP contribution in [0.4, 0.5) is 0 Å². The first-order valence-electron chi connectivity index (χ1n) is 9.89. The minimum absolute atomic E-state index is 0.143. The zero-order chi connectivity index (χ0) is 18.4. The minimum atomic E-state index is 0.143. The van der Waals surface area contributed by atoms with E-state index in [1.807, 2.05) is 23.1 Å². The summed E-state index contributed by atoms with van der Waals surface area (Å²) in [6.07, 6.45) is 6.12. The highest BCUT2D eigenvalue weighted by Gasteiger charge is 2.28. The third-order valence-corrected chi connectivity index (χ3v) is 5.91. The molecule has 1 saturated heterocycles. The molecule has 0 unspecified atom stereocenters. The topological polar surface area (TPSA) is 51.0 Å². The van der Waals surface area contributed by atoms with Crippen molar-refractivity contribution < 1.29 is 4.79 Å². The number of piperidine rings is 1. The minimum Gasteiger partial charge on any atom is -0.338 e. The molecular weight excluding hydrogens is 336 g/mol. The molecule has 2 aliphatic rings. The van der Waals surface area contributed by atoms with Crippen molar-refractivity contribution in [3.63, 3.8) is 0 Å². The molecule has 5 nitrogen and oxygen atoms in total. The summed E-state index contributed by atoms with van der Waals surface area (Å²) in [4.78, 5) is 24.1. The molecule has 0 bridgehead atoms. The Hall–Kier alpha value is -2.69. The van der Waals surface area contributed by atoms with Crippen molar-refractivity contribution in [1.82, 2.24) is 19.4 Å². The first kappa shape index (κ1) is 16.5. The van der Waals surface area contributed by atoms with Gasteiger partial charge in [0, 0.05) is 42.5 Å². The van der Waals surface area contributed by atoms with Gasteiger partial charge in [-0.05, 0) is 56.9 Å². The lowest BCUT2D eigenvalue weighted by Crippen LogP contribution is -2.39. The number of carbonyl (C=O) groups excluding carboxylic acids is 1. The first-order chi connectivity index (χ1) is 13.2. The number of carbonyl (C=O) groups is 1. The molecule has 1 saturated carbocycles. The van der Waals surface area contributed by atoms with E-state index in [2.05, 4.69) is 34.7 Å². The van der Waals surface area contributed by atoms with Gasteiger partial charge < -0.3 is 9.47 Å². The van der Waals surface area contributed by atoms with Crippen LogP contribution in [0.5, 0.6) is 0 Å². The maximum atomic E-state index is 12.9.